The number of rotatable bonds is 7. The van der Waals surface area contributed by atoms with E-state index >= 15 is 0 Å². The molecule has 42 heavy (non-hydrogen) atoms. The van der Waals surface area contributed by atoms with Crippen LogP contribution in [0.1, 0.15) is 90.9 Å². The fourth-order valence-electron chi connectivity index (χ4n) is 5.03. The maximum atomic E-state index is 11.0. The second kappa shape index (κ2) is 11.9. The van der Waals surface area contributed by atoms with Crippen LogP contribution in [0.15, 0.2) is 97.2 Å². The van der Waals surface area contributed by atoms with Gasteiger partial charge in [-0.1, -0.05) is 84.9 Å². The van der Waals surface area contributed by atoms with Crippen molar-refractivity contribution < 1.29 is 7.85 Å². The van der Waals surface area contributed by atoms with Crippen molar-refractivity contribution >= 4 is 0 Å². The molecule has 0 unspecified atom stereocenters. The number of nitrogens with zero attached hydrogens (tertiary/aromatic N) is 2. The molecule has 0 aliphatic rings. The molecule has 1 N–H and O–H groups in total. The summed E-state index contributed by atoms with van der Waals surface area (Å²) >= 11 is 0. The lowest BCUT2D eigenvalue weighted by Crippen LogP contribution is -2.11. The van der Waals surface area contributed by atoms with Gasteiger partial charge in [0.25, 0.3) is 0 Å². The first-order valence-corrected chi connectivity index (χ1v) is 14.8. The van der Waals surface area contributed by atoms with E-state index in [0.29, 0.717) is 28.3 Å². The molecule has 5 rings (SSSR count). The Labute approximate surface area is 254 Å². The average molecular weight is 557 g/mol. The Balaban J connectivity index is 1.76. The molecule has 0 spiro atoms. The van der Waals surface area contributed by atoms with Crippen molar-refractivity contribution in [1.29, 1.82) is 0 Å². The Morgan fingerprint density at radius 3 is 2.00 bits per heavy atom. The lowest BCUT2D eigenvalue weighted by molar-refractivity contribution is 0.476. The summed E-state index contributed by atoms with van der Waals surface area (Å²) < 4.78 is 18.5. The minimum atomic E-state index is -1.75. The Hall–Kier alpha value is -4.24. The van der Waals surface area contributed by atoms with Gasteiger partial charge in [0.1, 0.15) is 5.75 Å². The van der Waals surface area contributed by atoms with Crippen molar-refractivity contribution in [3.63, 3.8) is 0 Å². The zero-order valence-electron chi connectivity index (χ0n) is 27.7. The van der Waals surface area contributed by atoms with Gasteiger partial charge in [0.15, 0.2) is 0 Å². The molecule has 0 saturated carbocycles. The summed E-state index contributed by atoms with van der Waals surface area (Å²) in [5, 5.41) is 11.0. The number of pyridine rings is 2. The Morgan fingerprint density at radius 2 is 1.33 bits per heavy atom. The summed E-state index contributed by atoms with van der Waals surface area (Å²) in [5.74, 6) is 0.729. The predicted molar refractivity (Wildman–Crippen MR) is 176 cm³/mol. The second-order valence-corrected chi connectivity index (χ2v) is 12.7. The molecular formula is C39H42N2O. The van der Waals surface area contributed by atoms with Crippen molar-refractivity contribution in [3.8, 4) is 39.5 Å². The van der Waals surface area contributed by atoms with E-state index in [1.54, 1.807) is 6.07 Å². The van der Waals surface area contributed by atoms with E-state index in [-0.39, 0.29) is 17.1 Å². The second-order valence-electron chi connectivity index (χ2n) is 12.7. The maximum absolute atomic E-state index is 11.0. The highest BCUT2D eigenvalue weighted by molar-refractivity contribution is 5.75. The molecule has 3 aromatic carbocycles. The van der Waals surface area contributed by atoms with Crippen molar-refractivity contribution in [2.45, 2.75) is 72.1 Å². The topological polar surface area (TPSA) is 46.0 Å². The van der Waals surface area contributed by atoms with Gasteiger partial charge < -0.3 is 5.11 Å². The normalized spacial score (nSPS) is 12.9. The minimum Gasteiger partial charge on any atom is -0.507 e. The molecule has 5 aromatic rings. The summed E-state index contributed by atoms with van der Waals surface area (Å²) in [7, 11) is 0. The van der Waals surface area contributed by atoms with Crippen LogP contribution in [0.3, 0.4) is 0 Å². The summed E-state index contributed by atoms with van der Waals surface area (Å²) in [5.41, 5.74) is 8.90. The summed E-state index contributed by atoms with van der Waals surface area (Å²) in [6.45, 7) is 15.1. The molecule has 3 nitrogen and oxygen atoms in total. The molecule has 0 bridgehead atoms. The van der Waals surface area contributed by atoms with E-state index in [9.17, 15) is 7.85 Å². The number of phenolic OH excluding ortho intramolecular Hbond substituents is 1. The fraction of sp³-hybridized carbons (Fsp3) is 0.282. The number of hydrogen-bond acceptors (Lipinski definition) is 3. The van der Waals surface area contributed by atoms with Gasteiger partial charge >= 0.3 is 0 Å². The molecule has 3 heteroatoms. The predicted octanol–water partition coefficient (Wildman–Crippen LogP) is 10.3. The first-order chi connectivity index (χ1) is 20.7. The van der Waals surface area contributed by atoms with E-state index in [2.05, 4.69) is 72.7 Å². The molecule has 0 saturated heterocycles. The lowest BCUT2D eigenvalue weighted by atomic mass is 9.85. The molecule has 0 aliphatic carbocycles. The van der Waals surface area contributed by atoms with Crippen molar-refractivity contribution in [2.24, 2.45) is 0 Å². The number of aromatic hydroxyl groups is 1. The zero-order chi connectivity index (χ0) is 31.8. The molecule has 0 aliphatic heterocycles. The smallest absolute Gasteiger partial charge is 0.124 e. The van der Waals surface area contributed by atoms with Crippen molar-refractivity contribution in [2.75, 3.05) is 0 Å². The van der Waals surface area contributed by atoms with Gasteiger partial charge in [0, 0.05) is 25.6 Å². The number of phenols is 1. The highest BCUT2D eigenvalue weighted by atomic mass is 16.3. The van der Waals surface area contributed by atoms with Gasteiger partial charge in [-0.25, -0.2) is 4.98 Å². The number of benzene rings is 3. The Bertz CT molecular complexity index is 1790. The average Bonchev–Trinajstić information content (AvgIpc) is 3.00. The van der Waals surface area contributed by atoms with Gasteiger partial charge in [0.2, 0.25) is 0 Å². The van der Waals surface area contributed by atoms with Crippen LogP contribution < -0.4 is 0 Å². The highest BCUT2D eigenvalue weighted by Crippen LogP contribution is 2.37. The summed E-state index contributed by atoms with van der Waals surface area (Å²) in [4.78, 5) is 9.82. The molecule has 0 amide bonds. The van der Waals surface area contributed by atoms with Crippen LogP contribution in [0.2, 0.25) is 0 Å². The maximum Gasteiger partial charge on any atom is 0.124 e. The number of hydrogen-bond donors (Lipinski definition) is 1. The van der Waals surface area contributed by atoms with Crippen LogP contribution in [0.5, 0.6) is 5.75 Å². The van der Waals surface area contributed by atoms with Crippen LogP contribution in [0.25, 0.3) is 33.8 Å². The van der Waals surface area contributed by atoms with Crippen molar-refractivity contribution in [3.05, 3.63) is 125 Å². The first-order valence-electron chi connectivity index (χ1n) is 15.8. The fourth-order valence-corrected chi connectivity index (χ4v) is 5.03. The molecule has 214 valence electrons. The third-order valence-corrected chi connectivity index (χ3v) is 7.69. The van der Waals surface area contributed by atoms with Crippen LogP contribution in [0, 0.1) is 0 Å². The van der Waals surface area contributed by atoms with Gasteiger partial charge in [-0.05, 0) is 106 Å². The minimum absolute atomic E-state index is 0.0925. The molecular weight excluding hydrogens is 512 g/mol. The first kappa shape index (κ1) is 26.6. The molecule has 0 atom stereocenters. The van der Waals surface area contributed by atoms with Crippen molar-refractivity contribution in [1.82, 2.24) is 9.97 Å². The van der Waals surface area contributed by atoms with Gasteiger partial charge in [-0.3, -0.25) is 4.98 Å². The third kappa shape index (κ3) is 6.62. The molecule has 0 fully saturated rings. The zero-order valence-corrected chi connectivity index (χ0v) is 25.7. The van der Waals surface area contributed by atoms with E-state index in [1.165, 1.54) is 5.56 Å². The highest BCUT2D eigenvalue weighted by Gasteiger charge is 2.19. The lowest BCUT2D eigenvalue weighted by Gasteiger charge is -2.21. The van der Waals surface area contributed by atoms with Crippen LogP contribution in [-0.2, 0) is 11.8 Å². The van der Waals surface area contributed by atoms with Gasteiger partial charge in [-0.2, -0.15) is 0 Å². The molecule has 0 radical (unpaired) electrons. The summed E-state index contributed by atoms with van der Waals surface area (Å²) in [6.07, 6.45) is 0.0725. The van der Waals surface area contributed by atoms with Crippen LogP contribution in [-0.4, -0.2) is 15.1 Å². The molecule has 2 aromatic heterocycles. The van der Waals surface area contributed by atoms with Crippen LogP contribution in [0.4, 0.5) is 0 Å². The largest absolute Gasteiger partial charge is 0.507 e. The standard InChI is InChI=1S/C39H42N2O/c1-25(2)29-15-16-40-35(21-29)31-18-28(17-27-11-9-8-10-12-27)19-32(20-31)36-22-30(26(3)4)23-37(41-36)34-24-33(39(5,6)7)13-14-38(34)42/h8-16,18-26,42H,17H2,1-7H3/i17D2. The van der Waals surface area contributed by atoms with E-state index in [1.807, 2.05) is 66.9 Å². The Morgan fingerprint density at radius 1 is 0.690 bits per heavy atom. The van der Waals surface area contributed by atoms with E-state index in [0.717, 1.165) is 33.6 Å². The monoisotopic (exact) mass is 556 g/mol. The quantitative estimate of drug-likeness (QED) is 0.217. The van der Waals surface area contributed by atoms with Gasteiger partial charge in [0.05, 0.1) is 17.1 Å². The Kier molecular flexibility index (Phi) is 7.57. The molecule has 2 heterocycles. The number of aromatic nitrogens is 2. The summed E-state index contributed by atoms with van der Waals surface area (Å²) in [6, 6.07) is 29.1. The van der Waals surface area contributed by atoms with Gasteiger partial charge in [-0.15, -0.1) is 0 Å². The SMILES string of the molecule is [2H]C([2H])(c1ccccc1)c1cc(-c2cc(C(C)C)ccn2)cc(-c2cc(C(C)C)cc(-c3cc(C(C)(C)C)ccc3O)n2)c1. The van der Waals surface area contributed by atoms with E-state index in [4.69, 9.17) is 9.97 Å². The van der Waals surface area contributed by atoms with Crippen LogP contribution >= 0.6 is 0 Å². The third-order valence-electron chi connectivity index (χ3n) is 7.69. The van der Waals surface area contributed by atoms with E-state index < -0.39 is 6.37 Å².